The fourth-order valence-corrected chi connectivity index (χ4v) is 1.37. The van der Waals surface area contributed by atoms with Crippen LogP contribution in [0.4, 0.5) is 0 Å². The molecule has 0 amide bonds. The maximum atomic E-state index is 11.6. The average molecular weight is 220 g/mol. The van der Waals surface area contributed by atoms with E-state index in [9.17, 15) is 9.59 Å². The van der Waals surface area contributed by atoms with Gasteiger partial charge in [0, 0.05) is 6.42 Å². The molecule has 0 aliphatic heterocycles. The summed E-state index contributed by atoms with van der Waals surface area (Å²) in [5, 5.41) is 0. The van der Waals surface area contributed by atoms with Crippen molar-refractivity contribution in [3.8, 4) is 0 Å². The van der Waals surface area contributed by atoms with E-state index in [1.165, 1.54) is 6.92 Å². The Balaban J connectivity index is 2.41. The van der Waals surface area contributed by atoms with Crippen LogP contribution < -0.4 is 0 Å². The van der Waals surface area contributed by atoms with Crippen molar-refractivity contribution >= 4 is 11.8 Å². The van der Waals surface area contributed by atoms with Crippen LogP contribution in [0.1, 0.15) is 35.7 Å². The molecule has 0 spiro atoms. The minimum absolute atomic E-state index is 0.118. The van der Waals surface area contributed by atoms with Crippen LogP contribution in [-0.2, 0) is 9.53 Å². The number of benzene rings is 1. The zero-order valence-corrected chi connectivity index (χ0v) is 9.66. The number of Topliss-reactive ketones (excluding diaryl/α,β-unsaturated/α-hetero) is 1. The van der Waals surface area contributed by atoms with Crippen molar-refractivity contribution < 1.29 is 14.3 Å². The molecule has 0 radical (unpaired) electrons. The van der Waals surface area contributed by atoms with Crippen LogP contribution in [0.5, 0.6) is 0 Å². The fraction of sp³-hybridized carbons (Fsp3) is 0.385. The summed E-state index contributed by atoms with van der Waals surface area (Å²) in [5.74, 6) is -0.200. The number of ether oxygens (including phenoxy) is 1. The molecule has 3 heteroatoms. The Morgan fingerprint density at radius 2 is 1.94 bits per heavy atom. The summed E-state index contributed by atoms with van der Waals surface area (Å²) in [7, 11) is 0. The maximum absolute atomic E-state index is 11.6. The van der Waals surface area contributed by atoms with Crippen molar-refractivity contribution in [1.29, 1.82) is 0 Å². The van der Waals surface area contributed by atoms with Crippen LogP contribution >= 0.6 is 0 Å². The van der Waals surface area contributed by atoms with E-state index in [1.807, 2.05) is 19.1 Å². The normalized spacial score (nSPS) is 9.88. The number of esters is 1. The number of carbonyl (C=O) groups excluding carboxylic acids is 2. The zero-order valence-electron chi connectivity index (χ0n) is 9.66. The molecule has 0 fully saturated rings. The summed E-state index contributed by atoms with van der Waals surface area (Å²) >= 11 is 0. The van der Waals surface area contributed by atoms with Crippen LogP contribution in [0.25, 0.3) is 0 Å². The highest BCUT2D eigenvalue weighted by atomic mass is 16.5. The van der Waals surface area contributed by atoms with Gasteiger partial charge in [-0.15, -0.1) is 0 Å². The molecule has 0 saturated carbocycles. The third-order valence-corrected chi connectivity index (χ3v) is 2.27. The number of aryl methyl sites for hydroxylation is 1. The van der Waals surface area contributed by atoms with E-state index in [-0.39, 0.29) is 11.8 Å². The van der Waals surface area contributed by atoms with Gasteiger partial charge in [-0.3, -0.25) is 0 Å². The molecule has 3 nitrogen and oxygen atoms in total. The molecule has 0 unspecified atom stereocenters. The lowest BCUT2D eigenvalue weighted by Gasteiger charge is -2.06. The number of carbonyl (C=O) groups is 2. The van der Waals surface area contributed by atoms with Crippen LogP contribution in [0, 0.1) is 6.92 Å². The van der Waals surface area contributed by atoms with Crippen molar-refractivity contribution in [2.24, 2.45) is 0 Å². The van der Waals surface area contributed by atoms with E-state index < -0.39 is 0 Å². The summed E-state index contributed by atoms with van der Waals surface area (Å²) in [5.41, 5.74) is 1.49. The van der Waals surface area contributed by atoms with Crippen molar-refractivity contribution in [2.75, 3.05) is 6.61 Å². The third-order valence-electron chi connectivity index (χ3n) is 2.27. The van der Waals surface area contributed by atoms with E-state index >= 15 is 0 Å². The Kier molecular flexibility index (Phi) is 4.70. The molecular formula is C13H16O3. The lowest BCUT2D eigenvalue weighted by atomic mass is 10.1. The molecule has 0 saturated heterocycles. The van der Waals surface area contributed by atoms with Gasteiger partial charge in [0.25, 0.3) is 0 Å². The van der Waals surface area contributed by atoms with Crippen LogP contribution in [0.15, 0.2) is 24.3 Å². The summed E-state index contributed by atoms with van der Waals surface area (Å²) < 4.78 is 5.07. The highest BCUT2D eigenvalue weighted by Crippen LogP contribution is 2.08. The van der Waals surface area contributed by atoms with Gasteiger partial charge in [0.1, 0.15) is 5.78 Å². The second-order valence-electron chi connectivity index (χ2n) is 3.76. The first-order valence-corrected chi connectivity index (χ1v) is 5.33. The third kappa shape index (κ3) is 3.85. The molecule has 0 aliphatic rings. The smallest absolute Gasteiger partial charge is 0.338 e. The fourth-order valence-electron chi connectivity index (χ4n) is 1.37. The second kappa shape index (κ2) is 6.05. The quantitative estimate of drug-likeness (QED) is 0.565. The van der Waals surface area contributed by atoms with E-state index in [1.54, 1.807) is 12.1 Å². The summed E-state index contributed by atoms with van der Waals surface area (Å²) in [6.07, 6.45) is 1.05. The molecule has 1 aromatic carbocycles. The molecule has 1 aromatic rings. The number of rotatable bonds is 5. The number of hydrogen-bond donors (Lipinski definition) is 0. The van der Waals surface area contributed by atoms with Crippen LogP contribution in [-0.4, -0.2) is 18.4 Å². The standard InChI is InChI=1S/C13H16O3/c1-10-6-3-4-8-12(10)13(15)16-9-5-7-11(2)14/h3-4,6,8H,5,7,9H2,1-2H3. The molecule has 0 bridgehead atoms. The topological polar surface area (TPSA) is 43.4 Å². The van der Waals surface area contributed by atoms with Crippen LogP contribution in [0.2, 0.25) is 0 Å². The predicted molar refractivity (Wildman–Crippen MR) is 61.4 cm³/mol. The Morgan fingerprint density at radius 3 is 2.56 bits per heavy atom. The van der Waals surface area contributed by atoms with Crippen LogP contribution in [0.3, 0.4) is 0 Å². The van der Waals surface area contributed by atoms with Gasteiger partial charge in [-0.1, -0.05) is 18.2 Å². The SMILES string of the molecule is CC(=O)CCCOC(=O)c1ccccc1C. The van der Waals surface area contributed by atoms with Crippen molar-refractivity contribution in [3.05, 3.63) is 35.4 Å². The molecule has 16 heavy (non-hydrogen) atoms. The lowest BCUT2D eigenvalue weighted by molar-refractivity contribution is -0.117. The minimum atomic E-state index is -0.318. The van der Waals surface area contributed by atoms with Crippen molar-refractivity contribution in [2.45, 2.75) is 26.7 Å². The number of ketones is 1. The van der Waals surface area contributed by atoms with Gasteiger partial charge in [0.15, 0.2) is 0 Å². The monoisotopic (exact) mass is 220 g/mol. The average Bonchev–Trinajstić information content (AvgIpc) is 2.24. The van der Waals surface area contributed by atoms with E-state index in [2.05, 4.69) is 0 Å². The highest BCUT2D eigenvalue weighted by molar-refractivity contribution is 5.90. The Bertz CT molecular complexity index is 383. The molecule has 0 aromatic heterocycles. The second-order valence-corrected chi connectivity index (χ2v) is 3.76. The first-order chi connectivity index (χ1) is 7.61. The lowest BCUT2D eigenvalue weighted by Crippen LogP contribution is -2.08. The molecule has 0 heterocycles. The van der Waals surface area contributed by atoms with Gasteiger partial charge >= 0.3 is 5.97 Å². The molecule has 0 aliphatic carbocycles. The maximum Gasteiger partial charge on any atom is 0.338 e. The van der Waals surface area contributed by atoms with Gasteiger partial charge in [0.05, 0.1) is 12.2 Å². The van der Waals surface area contributed by atoms with E-state index in [0.717, 1.165) is 5.56 Å². The Morgan fingerprint density at radius 1 is 1.25 bits per heavy atom. The van der Waals surface area contributed by atoms with Gasteiger partial charge < -0.3 is 9.53 Å². The van der Waals surface area contributed by atoms with Crippen molar-refractivity contribution in [3.63, 3.8) is 0 Å². The molecule has 0 N–H and O–H groups in total. The first kappa shape index (κ1) is 12.4. The summed E-state index contributed by atoms with van der Waals surface area (Å²) in [4.78, 5) is 22.3. The highest BCUT2D eigenvalue weighted by Gasteiger charge is 2.08. The largest absolute Gasteiger partial charge is 0.462 e. The minimum Gasteiger partial charge on any atom is -0.462 e. The molecule has 0 atom stereocenters. The summed E-state index contributed by atoms with van der Waals surface area (Å²) in [6, 6.07) is 7.29. The molecule has 86 valence electrons. The summed E-state index contributed by atoms with van der Waals surface area (Å²) in [6.45, 7) is 3.70. The van der Waals surface area contributed by atoms with Crippen molar-refractivity contribution in [1.82, 2.24) is 0 Å². The van der Waals surface area contributed by atoms with E-state index in [4.69, 9.17) is 4.74 Å². The first-order valence-electron chi connectivity index (χ1n) is 5.33. The number of hydrogen-bond acceptors (Lipinski definition) is 3. The van der Waals surface area contributed by atoms with Gasteiger partial charge in [-0.2, -0.15) is 0 Å². The predicted octanol–water partition coefficient (Wildman–Crippen LogP) is 2.52. The zero-order chi connectivity index (χ0) is 12.0. The van der Waals surface area contributed by atoms with Gasteiger partial charge in [-0.25, -0.2) is 4.79 Å². The van der Waals surface area contributed by atoms with Gasteiger partial charge in [-0.05, 0) is 31.9 Å². The Labute approximate surface area is 95.4 Å². The van der Waals surface area contributed by atoms with E-state index in [0.29, 0.717) is 25.0 Å². The Hall–Kier alpha value is -1.64. The molecular weight excluding hydrogens is 204 g/mol. The van der Waals surface area contributed by atoms with Gasteiger partial charge in [0.2, 0.25) is 0 Å². The molecule has 1 rings (SSSR count).